The second-order valence-corrected chi connectivity index (χ2v) is 6.77. The molecule has 0 radical (unpaired) electrons. The molecule has 2 aliphatic heterocycles. The van der Waals surface area contributed by atoms with Crippen LogP contribution in [0.5, 0.6) is 23.0 Å². The van der Waals surface area contributed by atoms with Gasteiger partial charge in [0.1, 0.15) is 23.0 Å². The van der Waals surface area contributed by atoms with Crippen molar-refractivity contribution in [3.05, 3.63) is 83.4 Å². The lowest BCUT2D eigenvalue weighted by Crippen LogP contribution is -2.22. The van der Waals surface area contributed by atoms with Crippen LogP contribution in [-0.2, 0) is 18.9 Å². The van der Waals surface area contributed by atoms with Crippen molar-refractivity contribution < 1.29 is 33.9 Å². The molecule has 2 heterocycles. The van der Waals surface area contributed by atoms with E-state index >= 15 is 0 Å². The highest BCUT2D eigenvalue weighted by molar-refractivity contribution is 5.36. The normalized spacial score (nSPS) is 16.0. The van der Waals surface area contributed by atoms with Gasteiger partial charge in [0.15, 0.2) is 26.2 Å². The van der Waals surface area contributed by atoms with Gasteiger partial charge in [-0.15, -0.1) is 0 Å². The van der Waals surface area contributed by atoms with E-state index in [1.807, 2.05) is 37.3 Å². The Morgan fingerprint density at radius 1 is 0.700 bits per heavy atom. The average Bonchev–Trinajstić information content (AvgIpc) is 2.65. The zero-order valence-corrected chi connectivity index (χ0v) is 16.4. The Hall–Kier alpha value is -3.10. The third kappa shape index (κ3) is 4.90. The van der Waals surface area contributed by atoms with Gasteiger partial charge < -0.3 is 33.9 Å². The largest absolute Gasteiger partial charge is 0.508 e. The second-order valence-electron chi connectivity index (χ2n) is 6.77. The van der Waals surface area contributed by atoms with Gasteiger partial charge in [0.2, 0.25) is 0 Å². The number of benzene rings is 3. The van der Waals surface area contributed by atoms with Gasteiger partial charge in [0, 0.05) is 11.1 Å². The molecule has 2 N–H and O–H groups in total. The van der Waals surface area contributed by atoms with Crippen molar-refractivity contribution >= 4 is 0 Å². The zero-order chi connectivity index (χ0) is 20.9. The lowest BCUT2D eigenvalue weighted by Gasteiger charge is -2.28. The van der Waals surface area contributed by atoms with Crippen LogP contribution in [0.1, 0.15) is 29.3 Å². The molecule has 2 aliphatic rings. The monoisotopic (exact) mass is 410 g/mol. The number of hydrogen-bond acceptors (Lipinski definition) is 7. The van der Waals surface area contributed by atoms with Crippen LogP contribution in [0.4, 0.5) is 0 Å². The van der Waals surface area contributed by atoms with Crippen LogP contribution in [-0.4, -0.2) is 23.8 Å². The van der Waals surface area contributed by atoms with E-state index in [1.54, 1.807) is 36.4 Å². The van der Waals surface area contributed by atoms with Crippen LogP contribution in [0.15, 0.2) is 66.7 Å². The minimum atomic E-state index is -0.243. The molecule has 0 aromatic heterocycles. The van der Waals surface area contributed by atoms with Crippen molar-refractivity contribution in [3.8, 4) is 23.0 Å². The smallest absolute Gasteiger partial charge is 0.189 e. The third-order valence-electron chi connectivity index (χ3n) is 4.61. The number of hydrogen-bond donors (Lipinski definition) is 2. The van der Waals surface area contributed by atoms with Crippen molar-refractivity contribution in [1.29, 1.82) is 0 Å². The SMILES string of the molecule is Cc1cc(O)ccc1C1OCO1.Oc1ccc(Oc2ccc(C3OCO3)cc2)cc1. The van der Waals surface area contributed by atoms with Crippen molar-refractivity contribution in [2.45, 2.75) is 19.5 Å². The molecule has 7 heteroatoms. The van der Waals surface area contributed by atoms with Gasteiger partial charge in [-0.05, 0) is 61.0 Å². The van der Waals surface area contributed by atoms with E-state index < -0.39 is 0 Å². The summed E-state index contributed by atoms with van der Waals surface area (Å²) in [6.07, 6.45) is -0.474. The van der Waals surface area contributed by atoms with E-state index in [0.717, 1.165) is 22.4 Å². The van der Waals surface area contributed by atoms with E-state index in [0.29, 0.717) is 19.3 Å². The van der Waals surface area contributed by atoms with Crippen LogP contribution in [0.2, 0.25) is 0 Å². The van der Waals surface area contributed by atoms with Crippen molar-refractivity contribution in [2.24, 2.45) is 0 Å². The van der Waals surface area contributed by atoms with Crippen molar-refractivity contribution in [1.82, 2.24) is 0 Å². The van der Waals surface area contributed by atoms with E-state index in [2.05, 4.69) is 0 Å². The molecule has 0 amide bonds. The number of aryl methyl sites for hydroxylation is 1. The van der Waals surface area contributed by atoms with Gasteiger partial charge in [-0.2, -0.15) is 0 Å². The first kappa shape index (κ1) is 20.2. The number of rotatable bonds is 4. The summed E-state index contributed by atoms with van der Waals surface area (Å²) in [5, 5.41) is 18.3. The Morgan fingerprint density at radius 3 is 1.73 bits per heavy atom. The summed E-state index contributed by atoms with van der Waals surface area (Å²) < 4.78 is 26.3. The predicted octanol–water partition coefficient (Wildman–Crippen LogP) is 4.89. The maximum Gasteiger partial charge on any atom is 0.189 e. The fourth-order valence-corrected chi connectivity index (χ4v) is 2.91. The molecular formula is C23H22O7. The molecule has 0 aliphatic carbocycles. The van der Waals surface area contributed by atoms with Gasteiger partial charge in [-0.3, -0.25) is 0 Å². The fourth-order valence-electron chi connectivity index (χ4n) is 2.91. The fraction of sp³-hybridized carbons (Fsp3) is 0.217. The predicted molar refractivity (Wildman–Crippen MR) is 107 cm³/mol. The minimum absolute atomic E-state index is 0.219. The Bertz CT molecular complexity index is 962. The first-order chi connectivity index (χ1) is 14.6. The molecule has 3 aromatic carbocycles. The van der Waals surface area contributed by atoms with Gasteiger partial charge in [-0.25, -0.2) is 0 Å². The average molecular weight is 410 g/mol. The van der Waals surface area contributed by atoms with E-state index in [9.17, 15) is 5.11 Å². The lowest BCUT2D eigenvalue weighted by atomic mass is 10.1. The molecule has 0 bridgehead atoms. The van der Waals surface area contributed by atoms with Crippen molar-refractivity contribution in [3.63, 3.8) is 0 Å². The summed E-state index contributed by atoms with van der Waals surface area (Å²) >= 11 is 0. The van der Waals surface area contributed by atoms with Crippen LogP contribution in [0.25, 0.3) is 0 Å². The maximum atomic E-state index is 9.17. The molecule has 0 spiro atoms. The molecule has 0 atom stereocenters. The maximum absolute atomic E-state index is 9.17. The molecule has 7 nitrogen and oxygen atoms in total. The molecule has 156 valence electrons. The first-order valence-corrected chi connectivity index (χ1v) is 9.41. The van der Waals surface area contributed by atoms with Gasteiger partial charge >= 0.3 is 0 Å². The Kier molecular flexibility index (Phi) is 6.15. The summed E-state index contributed by atoms with van der Waals surface area (Å²) in [4.78, 5) is 0. The van der Waals surface area contributed by atoms with Crippen LogP contribution < -0.4 is 4.74 Å². The molecule has 0 saturated carbocycles. The van der Waals surface area contributed by atoms with E-state index in [-0.39, 0.29) is 24.1 Å². The summed E-state index contributed by atoms with van der Waals surface area (Å²) in [5.41, 5.74) is 2.94. The standard InChI is InChI=1S/C14H12O4.C9H10O3/c15-11-3-7-13(8-4-11)18-12-5-1-10(2-6-12)14-16-9-17-14;1-6-4-7(10)2-3-8(6)9-11-5-12-9/h1-8,14-15H,9H2;2-4,9-10H,5H2,1H3. The van der Waals surface area contributed by atoms with Crippen LogP contribution >= 0.6 is 0 Å². The highest BCUT2D eigenvalue weighted by Gasteiger charge is 2.22. The van der Waals surface area contributed by atoms with E-state index in [1.165, 1.54) is 0 Å². The number of phenolic OH excluding ortho intramolecular Hbond substituents is 2. The molecule has 3 aromatic rings. The third-order valence-corrected chi connectivity index (χ3v) is 4.61. The number of aromatic hydroxyl groups is 2. The Labute approximate surface area is 174 Å². The topological polar surface area (TPSA) is 86.6 Å². The Morgan fingerprint density at radius 2 is 1.23 bits per heavy atom. The highest BCUT2D eigenvalue weighted by Crippen LogP contribution is 2.31. The van der Waals surface area contributed by atoms with E-state index in [4.69, 9.17) is 28.8 Å². The van der Waals surface area contributed by atoms with Gasteiger partial charge in [-0.1, -0.05) is 18.2 Å². The highest BCUT2D eigenvalue weighted by atomic mass is 16.9. The summed E-state index contributed by atoms with van der Waals surface area (Å²) in [6.45, 7) is 2.64. The first-order valence-electron chi connectivity index (χ1n) is 9.41. The molecule has 5 rings (SSSR count). The Balaban J connectivity index is 0.000000158. The summed E-state index contributed by atoms with van der Waals surface area (Å²) in [5.74, 6) is 1.90. The molecule has 0 unspecified atom stereocenters. The number of ether oxygens (including phenoxy) is 5. The quantitative estimate of drug-likeness (QED) is 0.633. The number of phenols is 2. The van der Waals surface area contributed by atoms with Crippen LogP contribution in [0, 0.1) is 6.92 Å². The van der Waals surface area contributed by atoms with Crippen LogP contribution in [0.3, 0.4) is 0 Å². The summed E-state index contributed by atoms with van der Waals surface area (Å²) in [7, 11) is 0. The van der Waals surface area contributed by atoms with Gasteiger partial charge in [0.25, 0.3) is 0 Å². The second kappa shape index (κ2) is 9.15. The molecule has 30 heavy (non-hydrogen) atoms. The van der Waals surface area contributed by atoms with Crippen molar-refractivity contribution in [2.75, 3.05) is 13.6 Å². The minimum Gasteiger partial charge on any atom is -0.508 e. The molecule has 2 saturated heterocycles. The summed E-state index contributed by atoms with van der Waals surface area (Å²) in [6, 6.07) is 19.2. The lowest BCUT2D eigenvalue weighted by molar-refractivity contribution is -0.327. The molecular weight excluding hydrogens is 388 g/mol. The molecule has 2 fully saturated rings. The zero-order valence-electron chi connectivity index (χ0n) is 16.4. The van der Waals surface area contributed by atoms with Gasteiger partial charge in [0.05, 0.1) is 0 Å².